The molecule has 0 saturated carbocycles. The zero-order chi connectivity index (χ0) is 7.40. The SMILES string of the molecule is N#CC=Cc1ccc(I)s1. The van der Waals surface area contributed by atoms with Gasteiger partial charge in [0.25, 0.3) is 0 Å². The average Bonchev–Trinajstić information content (AvgIpc) is 2.31. The molecule has 1 nitrogen and oxygen atoms in total. The van der Waals surface area contributed by atoms with Crippen LogP contribution in [0.3, 0.4) is 0 Å². The molecule has 0 atom stereocenters. The maximum absolute atomic E-state index is 8.20. The fourth-order valence-electron chi connectivity index (χ4n) is 0.537. The van der Waals surface area contributed by atoms with Crippen LogP contribution in [-0.4, -0.2) is 0 Å². The molecule has 0 aliphatic heterocycles. The van der Waals surface area contributed by atoms with Gasteiger partial charge in [-0.05, 0) is 40.8 Å². The molecule has 0 spiro atoms. The number of nitrogens with zero attached hydrogens (tertiary/aromatic N) is 1. The summed E-state index contributed by atoms with van der Waals surface area (Å²) in [4.78, 5) is 1.13. The van der Waals surface area contributed by atoms with Crippen molar-refractivity contribution < 1.29 is 0 Å². The molecule has 10 heavy (non-hydrogen) atoms. The van der Waals surface area contributed by atoms with Crippen LogP contribution >= 0.6 is 33.9 Å². The summed E-state index contributed by atoms with van der Waals surface area (Å²) in [5, 5.41) is 8.20. The van der Waals surface area contributed by atoms with E-state index in [0.717, 1.165) is 4.88 Å². The second-order valence-electron chi connectivity index (χ2n) is 1.60. The van der Waals surface area contributed by atoms with E-state index in [1.165, 1.54) is 8.96 Å². The second kappa shape index (κ2) is 3.74. The molecule has 1 heterocycles. The van der Waals surface area contributed by atoms with Crippen LogP contribution in [0, 0.1) is 14.2 Å². The zero-order valence-corrected chi connectivity index (χ0v) is 8.02. The number of hydrogen-bond acceptors (Lipinski definition) is 2. The van der Waals surface area contributed by atoms with Crippen molar-refractivity contribution in [2.75, 3.05) is 0 Å². The van der Waals surface area contributed by atoms with E-state index in [1.54, 1.807) is 11.3 Å². The normalized spacial score (nSPS) is 10.0. The van der Waals surface area contributed by atoms with E-state index in [1.807, 2.05) is 24.3 Å². The number of nitriles is 1. The van der Waals surface area contributed by atoms with Crippen molar-refractivity contribution >= 4 is 40.0 Å². The van der Waals surface area contributed by atoms with Crippen molar-refractivity contribution in [1.82, 2.24) is 0 Å². The number of halogens is 1. The number of thiophene rings is 1. The molecule has 0 unspecified atom stereocenters. The molecule has 0 aliphatic carbocycles. The fourth-order valence-corrected chi connectivity index (χ4v) is 2.11. The minimum atomic E-state index is 1.13. The van der Waals surface area contributed by atoms with Gasteiger partial charge in [-0.15, -0.1) is 11.3 Å². The minimum Gasteiger partial charge on any atom is -0.193 e. The Labute approximate surface area is 77.1 Å². The third-order valence-electron chi connectivity index (χ3n) is 0.916. The maximum Gasteiger partial charge on any atom is 0.0912 e. The van der Waals surface area contributed by atoms with E-state index in [9.17, 15) is 0 Å². The molecule has 0 aliphatic rings. The Morgan fingerprint density at radius 2 is 2.40 bits per heavy atom. The second-order valence-corrected chi connectivity index (χ2v) is 4.61. The Bertz CT molecular complexity index is 282. The van der Waals surface area contributed by atoms with Gasteiger partial charge in [-0.25, -0.2) is 0 Å². The predicted octanol–water partition coefficient (Wildman–Crippen LogP) is 2.89. The fraction of sp³-hybridized carbons (Fsp3) is 0. The molecule has 0 bridgehead atoms. The van der Waals surface area contributed by atoms with Gasteiger partial charge in [0.1, 0.15) is 0 Å². The van der Waals surface area contributed by atoms with Crippen molar-refractivity contribution in [3.05, 3.63) is 26.0 Å². The van der Waals surface area contributed by atoms with Gasteiger partial charge in [0.15, 0.2) is 0 Å². The number of rotatable bonds is 1. The van der Waals surface area contributed by atoms with Crippen LogP contribution in [0.2, 0.25) is 0 Å². The lowest BCUT2D eigenvalue weighted by molar-refractivity contribution is 1.54. The van der Waals surface area contributed by atoms with Gasteiger partial charge in [0, 0.05) is 11.0 Å². The lowest BCUT2D eigenvalue weighted by Crippen LogP contribution is -1.52. The molecule has 50 valence electrons. The third kappa shape index (κ3) is 2.12. The highest BCUT2D eigenvalue weighted by atomic mass is 127. The Balaban J connectivity index is 2.78. The van der Waals surface area contributed by atoms with Gasteiger partial charge in [0.2, 0.25) is 0 Å². The smallest absolute Gasteiger partial charge is 0.0912 e. The molecule has 0 radical (unpaired) electrons. The summed E-state index contributed by atoms with van der Waals surface area (Å²) < 4.78 is 1.25. The van der Waals surface area contributed by atoms with Gasteiger partial charge in [0.05, 0.1) is 8.95 Å². The van der Waals surface area contributed by atoms with E-state index >= 15 is 0 Å². The Hall–Kier alpha value is -0.340. The third-order valence-corrected chi connectivity index (χ3v) is 2.78. The van der Waals surface area contributed by atoms with E-state index in [0.29, 0.717) is 0 Å². The molecule has 0 aromatic carbocycles. The first-order chi connectivity index (χ1) is 4.83. The van der Waals surface area contributed by atoms with Crippen molar-refractivity contribution in [2.45, 2.75) is 0 Å². The largest absolute Gasteiger partial charge is 0.193 e. The maximum atomic E-state index is 8.20. The summed E-state index contributed by atoms with van der Waals surface area (Å²) >= 11 is 3.93. The van der Waals surface area contributed by atoms with Gasteiger partial charge in [-0.2, -0.15) is 5.26 Å². The standard InChI is InChI=1S/C7H4INS/c8-7-4-3-6(10-7)2-1-5-9/h1-4H. The molecule has 1 aromatic heterocycles. The highest BCUT2D eigenvalue weighted by Gasteiger charge is 1.90. The summed E-state index contributed by atoms with van der Waals surface area (Å²) in [5.41, 5.74) is 0. The molecule has 0 fully saturated rings. The summed E-state index contributed by atoms with van der Waals surface area (Å²) in [6.07, 6.45) is 3.30. The topological polar surface area (TPSA) is 23.8 Å². The summed E-state index contributed by atoms with van der Waals surface area (Å²) in [5.74, 6) is 0. The zero-order valence-electron chi connectivity index (χ0n) is 5.04. The summed E-state index contributed by atoms with van der Waals surface area (Å²) in [7, 11) is 0. The van der Waals surface area contributed by atoms with Crippen molar-refractivity contribution in [2.24, 2.45) is 0 Å². The molecule has 0 amide bonds. The lowest BCUT2D eigenvalue weighted by Gasteiger charge is -1.75. The van der Waals surface area contributed by atoms with Crippen LogP contribution in [0.1, 0.15) is 4.88 Å². The van der Waals surface area contributed by atoms with Crippen LogP contribution in [0.4, 0.5) is 0 Å². The average molecular weight is 261 g/mol. The first-order valence-corrected chi connectivity index (χ1v) is 4.54. The molecule has 0 N–H and O–H groups in total. The van der Waals surface area contributed by atoms with Gasteiger partial charge in [-0.3, -0.25) is 0 Å². The van der Waals surface area contributed by atoms with Crippen LogP contribution in [-0.2, 0) is 0 Å². The van der Waals surface area contributed by atoms with Crippen LogP contribution in [0.25, 0.3) is 6.08 Å². The Kier molecular flexibility index (Phi) is 2.90. The lowest BCUT2D eigenvalue weighted by atomic mass is 10.4. The van der Waals surface area contributed by atoms with Crippen LogP contribution < -0.4 is 0 Å². The molecule has 3 heteroatoms. The van der Waals surface area contributed by atoms with Gasteiger partial charge in [-0.1, -0.05) is 0 Å². The van der Waals surface area contributed by atoms with Crippen LogP contribution in [0.15, 0.2) is 18.2 Å². The van der Waals surface area contributed by atoms with E-state index in [-0.39, 0.29) is 0 Å². The number of allylic oxidation sites excluding steroid dienone is 1. The highest BCUT2D eigenvalue weighted by Crippen LogP contribution is 2.18. The first-order valence-electron chi connectivity index (χ1n) is 2.64. The van der Waals surface area contributed by atoms with Gasteiger partial charge >= 0.3 is 0 Å². The summed E-state index contributed by atoms with van der Waals surface area (Å²) in [6.45, 7) is 0. The van der Waals surface area contributed by atoms with Crippen LogP contribution in [0.5, 0.6) is 0 Å². The predicted molar refractivity (Wildman–Crippen MR) is 51.7 cm³/mol. The van der Waals surface area contributed by atoms with E-state index in [4.69, 9.17) is 5.26 Å². The quantitative estimate of drug-likeness (QED) is 0.563. The van der Waals surface area contributed by atoms with E-state index < -0.39 is 0 Å². The molecular formula is C7H4INS. The van der Waals surface area contributed by atoms with Crippen molar-refractivity contribution in [3.8, 4) is 6.07 Å². The van der Waals surface area contributed by atoms with E-state index in [2.05, 4.69) is 22.6 Å². The van der Waals surface area contributed by atoms with Gasteiger partial charge < -0.3 is 0 Å². The Morgan fingerprint density at radius 1 is 1.60 bits per heavy atom. The molecule has 1 aromatic rings. The molecule has 1 rings (SSSR count). The Morgan fingerprint density at radius 3 is 2.90 bits per heavy atom. The van der Waals surface area contributed by atoms with Crippen molar-refractivity contribution in [1.29, 1.82) is 5.26 Å². The first kappa shape index (κ1) is 7.76. The minimum absolute atomic E-state index is 1.13. The molecule has 0 saturated heterocycles. The highest BCUT2D eigenvalue weighted by molar-refractivity contribution is 14.1. The monoisotopic (exact) mass is 261 g/mol. The molecular weight excluding hydrogens is 257 g/mol. The number of hydrogen-bond donors (Lipinski definition) is 0. The van der Waals surface area contributed by atoms with Crippen molar-refractivity contribution in [3.63, 3.8) is 0 Å². The summed E-state index contributed by atoms with van der Waals surface area (Å²) in [6, 6.07) is 5.98.